The van der Waals surface area contributed by atoms with Crippen molar-refractivity contribution in [1.82, 2.24) is 4.98 Å². The van der Waals surface area contributed by atoms with Gasteiger partial charge in [0.2, 0.25) is 10.0 Å². The fraction of sp³-hybridized carbons (Fsp3) is 0.421. The second-order valence-electron chi connectivity index (χ2n) is 7.16. The van der Waals surface area contributed by atoms with E-state index in [1.807, 2.05) is 19.1 Å². The highest BCUT2D eigenvalue weighted by Crippen LogP contribution is 2.24. The number of nitrogens with one attached hydrogen (secondary N) is 2. The number of nitrogens with zero attached hydrogens (tertiary/aromatic N) is 1. The summed E-state index contributed by atoms with van der Waals surface area (Å²) < 4.78 is 26.3. The van der Waals surface area contributed by atoms with Gasteiger partial charge in [0.25, 0.3) is 0 Å². The van der Waals surface area contributed by atoms with E-state index < -0.39 is 10.0 Å². The van der Waals surface area contributed by atoms with Crippen LogP contribution in [-0.4, -0.2) is 19.2 Å². The minimum absolute atomic E-state index is 0.118. The van der Waals surface area contributed by atoms with Gasteiger partial charge in [-0.2, -0.15) is 0 Å². The molecule has 0 fully saturated rings. The molecule has 1 aromatic heterocycles. The minimum atomic E-state index is -3.30. The molecule has 0 aliphatic heterocycles. The normalized spacial score (nSPS) is 12.0. The number of unbranched alkanes of at least 4 members (excludes halogenated alkanes) is 1. The van der Waals surface area contributed by atoms with E-state index in [2.05, 4.69) is 47.9 Å². The predicted molar refractivity (Wildman–Crippen MR) is 105 cm³/mol. The molecule has 0 spiro atoms. The third-order valence-electron chi connectivity index (χ3n) is 3.83. The topological polar surface area (TPSA) is 71.1 Å². The van der Waals surface area contributed by atoms with Crippen molar-refractivity contribution < 1.29 is 8.42 Å². The number of pyridine rings is 1. The Labute approximate surface area is 150 Å². The molecule has 136 valence electrons. The molecule has 0 saturated carbocycles. The second-order valence-corrected chi connectivity index (χ2v) is 9.00. The van der Waals surface area contributed by atoms with Crippen LogP contribution in [0.1, 0.15) is 46.1 Å². The molecular weight excluding hydrogens is 334 g/mol. The van der Waals surface area contributed by atoms with Crippen LogP contribution in [0.15, 0.2) is 42.6 Å². The molecular formula is C19H27N3O2S. The van der Waals surface area contributed by atoms with Gasteiger partial charge < -0.3 is 5.32 Å². The summed E-state index contributed by atoms with van der Waals surface area (Å²) >= 11 is 0. The summed E-state index contributed by atoms with van der Waals surface area (Å²) in [6, 6.07) is 11.7. The largest absolute Gasteiger partial charge is 0.340 e. The molecule has 0 bridgehead atoms. The van der Waals surface area contributed by atoms with Crippen LogP contribution in [0.4, 0.5) is 17.2 Å². The molecule has 1 heterocycles. The predicted octanol–water partition coefficient (Wildman–Crippen LogP) is 4.66. The fourth-order valence-electron chi connectivity index (χ4n) is 2.29. The average molecular weight is 362 g/mol. The minimum Gasteiger partial charge on any atom is -0.340 e. The maximum absolute atomic E-state index is 11.9. The van der Waals surface area contributed by atoms with Crippen LogP contribution in [0.5, 0.6) is 0 Å². The van der Waals surface area contributed by atoms with Gasteiger partial charge in [0.05, 0.1) is 17.6 Å². The van der Waals surface area contributed by atoms with Crippen molar-refractivity contribution in [3.63, 3.8) is 0 Å². The van der Waals surface area contributed by atoms with Crippen LogP contribution < -0.4 is 10.0 Å². The Balaban J connectivity index is 2.01. The summed E-state index contributed by atoms with van der Waals surface area (Å²) in [6.07, 6.45) is 3.01. The zero-order valence-electron chi connectivity index (χ0n) is 15.3. The SMILES string of the molecule is CCCCS(=O)(=O)Nc1ccc(Nc2ccc(C(C)(C)C)cc2)nc1. The Morgan fingerprint density at radius 3 is 2.16 bits per heavy atom. The zero-order valence-corrected chi connectivity index (χ0v) is 16.2. The van der Waals surface area contributed by atoms with E-state index in [1.165, 1.54) is 11.8 Å². The first-order valence-electron chi connectivity index (χ1n) is 8.54. The molecule has 0 unspecified atom stereocenters. The lowest BCUT2D eigenvalue weighted by Gasteiger charge is -2.19. The molecule has 0 saturated heterocycles. The Kier molecular flexibility index (Phi) is 6.06. The average Bonchev–Trinajstić information content (AvgIpc) is 2.54. The first-order chi connectivity index (χ1) is 11.7. The van der Waals surface area contributed by atoms with Crippen molar-refractivity contribution in [2.75, 3.05) is 15.8 Å². The maximum Gasteiger partial charge on any atom is 0.232 e. The number of rotatable bonds is 7. The van der Waals surface area contributed by atoms with Crippen LogP contribution in [0.25, 0.3) is 0 Å². The Hall–Kier alpha value is -2.08. The monoisotopic (exact) mass is 361 g/mol. The molecule has 0 aliphatic carbocycles. The smallest absolute Gasteiger partial charge is 0.232 e. The molecule has 0 radical (unpaired) electrons. The van der Waals surface area contributed by atoms with Gasteiger partial charge in [-0.25, -0.2) is 13.4 Å². The summed E-state index contributed by atoms with van der Waals surface area (Å²) in [6.45, 7) is 8.50. The number of hydrogen-bond donors (Lipinski definition) is 2. The molecule has 2 rings (SSSR count). The lowest BCUT2D eigenvalue weighted by molar-refractivity contribution is 0.590. The molecule has 2 N–H and O–H groups in total. The van der Waals surface area contributed by atoms with E-state index in [9.17, 15) is 8.42 Å². The van der Waals surface area contributed by atoms with Crippen LogP contribution in [0, 0.1) is 0 Å². The standard InChI is InChI=1S/C19H27N3O2S/c1-5-6-13-25(23,24)22-17-11-12-18(20-14-17)21-16-9-7-15(8-10-16)19(2,3)4/h7-12,14,22H,5-6,13H2,1-4H3,(H,20,21). The Morgan fingerprint density at radius 1 is 1.00 bits per heavy atom. The van der Waals surface area contributed by atoms with E-state index in [0.717, 1.165) is 12.1 Å². The Morgan fingerprint density at radius 2 is 1.64 bits per heavy atom. The third-order valence-corrected chi connectivity index (χ3v) is 5.20. The van der Waals surface area contributed by atoms with Crippen molar-refractivity contribution in [2.24, 2.45) is 0 Å². The van der Waals surface area contributed by atoms with Gasteiger partial charge in [0, 0.05) is 5.69 Å². The van der Waals surface area contributed by atoms with Crippen molar-refractivity contribution >= 4 is 27.2 Å². The van der Waals surface area contributed by atoms with Crippen molar-refractivity contribution in [3.8, 4) is 0 Å². The first kappa shape index (κ1) is 19.2. The van der Waals surface area contributed by atoms with Gasteiger partial charge in [-0.05, 0) is 41.7 Å². The molecule has 6 heteroatoms. The molecule has 0 amide bonds. The molecule has 0 aliphatic rings. The maximum atomic E-state index is 11.9. The van der Waals surface area contributed by atoms with Crippen LogP contribution in [0.2, 0.25) is 0 Å². The quantitative estimate of drug-likeness (QED) is 0.752. The van der Waals surface area contributed by atoms with Gasteiger partial charge in [0.15, 0.2) is 0 Å². The van der Waals surface area contributed by atoms with E-state index in [1.54, 1.807) is 12.1 Å². The Bertz CT molecular complexity index is 777. The molecule has 5 nitrogen and oxygen atoms in total. The summed E-state index contributed by atoms with van der Waals surface area (Å²) in [7, 11) is -3.30. The summed E-state index contributed by atoms with van der Waals surface area (Å²) in [5.74, 6) is 0.795. The molecule has 0 atom stereocenters. The van der Waals surface area contributed by atoms with Gasteiger partial charge >= 0.3 is 0 Å². The van der Waals surface area contributed by atoms with Crippen LogP contribution >= 0.6 is 0 Å². The van der Waals surface area contributed by atoms with Crippen LogP contribution in [0.3, 0.4) is 0 Å². The van der Waals surface area contributed by atoms with Crippen LogP contribution in [-0.2, 0) is 15.4 Å². The second kappa shape index (κ2) is 7.87. The van der Waals surface area contributed by atoms with Gasteiger partial charge in [-0.15, -0.1) is 0 Å². The number of anilines is 3. The lowest BCUT2D eigenvalue weighted by atomic mass is 9.87. The number of hydrogen-bond acceptors (Lipinski definition) is 4. The number of sulfonamides is 1. The van der Waals surface area contributed by atoms with E-state index in [0.29, 0.717) is 17.9 Å². The van der Waals surface area contributed by atoms with Crippen molar-refractivity contribution in [1.29, 1.82) is 0 Å². The molecule has 1 aromatic carbocycles. The fourth-order valence-corrected chi connectivity index (χ4v) is 3.55. The third kappa shape index (κ3) is 6.05. The van der Waals surface area contributed by atoms with Crippen molar-refractivity contribution in [3.05, 3.63) is 48.2 Å². The summed E-state index contributed by atoms with van der Waals surface area (Å²) in [5, 5.41) is 3.22. The van der Waals surface area contributed by atoms with E-state index in [-0.39, 0.29) is 11.2 Å². The summed E-state index contributed by atoms with van der Waals surface area (Å²) in [4.78, 5) is 4.27. The summed E-state index contributed by atoms with van der Waals surface area (Å²) in [5.41, 5.74) is 2.80. The highest BCUT2D eigenvalue weighted by molar-refractivity contribution is 7.92. The first-order valence-corrected chi connectivity index (χ1v) is 10.2. The van der Waals surface area contributed by atoms with E-state index in [4.69, 9.17) is 0 Å². The highest BCUT2D eigenvalue weighted by Gasteiger charge is 2.13. The van der Waals surface area contributed by atoms with Gasteiger partial charge in [-0.3, -0.25) is 4.72 Å². The zero-order chi connectivity index (χ0) is 18.5. The lowest BCUT2D eigenvalue weighted by Crippen LogP contribution is -2.16. The number of benzene rings is 1. The van der Waals surface area contributed by atoms with Crippen molar-refractivity contribution in [2.45, 2.75) is 46.0 Å². The molecule has 25 heavy (non-hydrogen) atoms. The van der Waals surface area contributed by atoms with E-state index >= 15 is 0 Å². The van der Waals surface area contributed by atoms with Gasteiger partial charge in [-0.1, -0.05) is 46.2 Å². The molecule has 2 aromatic rings. The number of aromatic nitrogens is 1. The van der Waals surface area contributed by atoms with Gasteiger partial charge in [0.1, 0.15) is 5.82 Å². The highest BCUT2D eigenvalue weighted by atomic mass is 32.2.